The van der Waals surface area contributed by atoms with Crippen molar-refractivity contribution in [1.82, 2.24) is 9.55 Å². The van der Waals surface area contributed by atoms with Gasteiger partial charge in [0.25, 0.3) is 0 Å². The molecule has 0 fully saturated rings. The fraction of sp³-hybridized carbons (Fsp3) is 0.286. The van der Waals surface area contributed by atoms with E-state index in [1.54, 1.807) is 17.0 Å². The summed E-state index contributed by atoms with van der Waals surface area (Å²) < 4.78 is 29.2. The van der Waals surface area contributed by atoms with Crippen LogP contribution >= 0.6 is 0 Å². The van der Waals surface area contributed by atoms with Crippen LogP contribution in [0.4, 0.5) is 8.78 Å². The van der Waals surface area contributed by atoms with Crippen LogP contribution in [-0.4, -0.2) is 15.3 Å². The Kier molecular flexibility index (Phi) is 3.74. The number of rotatable bonds is 4. The van der Waals surface area contributed by atoms with Gasteiger partial charge in [0, 0.05) is 18.9 Å². The summed E-state index contributed by atoms with van der Waals surface area (Å²) in [6.45, 7) is 4.06. The molecule has 3 nitrogen and oxygen atoms in total. The zero-order valence-electron chi connectivity index (χ0n) is 10.8. The third-order valence-electron chi connectivity index (χ3n) is 3.02. The highest BCUT2D eigenvalue weighted by molar-refractivity contribution is 5.97. The number of Topliss-reactive ketones (excluding diaryl/α,β-unsaturated/α-hetero) is 1. The molecule has 1 heterocycles. The van der Waals surface area contributed by atoms with Crippen LogP contribution in [0.25, 0.3) is 0 Å². The van der Waals surface area contributed by atoms with E-state index >= 15 is 0 Å². The first-order chi connectivity index (χ1) is 9.04. The van der Waals surface area contributed by atoms with Crippen LogP contribution in [0.15, 0.2) is 24.5 Å². The van der Waals surface area contributed by atoms with Crippen molar-refractivity contribution in [3.8, 4) is 0 Å². The van der Waals surface area contributed by atoms with E-state index in [1.807, 2.05) is 6.92 Å². The second kappa shape index (κ2) is 5.30. The minimum absolute atomic E-state index is 0.113. The molecule has 0 saturated heterocycles. The Bertz CT molecular complexity index is 620. The van der Waals surface area contributed by atoms with Gasteiger partial charge >= 0.3 is 0 Å². The Balaban J connectivity index is 2.33. The first-order valence-electron chi connectivity index (χ1n) is 6.02. The van der Waals surface area contributed by atoms with Crippen LogP contribution in [0.2, 0.25) is 0 Å². The van der Waals surface area contributed by atoms with Gasteiger partial charge in [-0.1, -0.05) is 6.07 Å². The summed E-state index contributed by atoms with van der Waals surface area (Å²) in [7, 11) is 0. The molecule has 0 spiro atoms. The molecular weight excluding hydrogens is 250 g/mol. The number of halogens is 2. The number of hydrogen-bond acceptors (Lipinski definition) is 2. The zero-order chi connectivity index (χ0) is 14.0. The molecule has 0 saturated carbocycles. The third kappa shape index (κ3) is 2.54. The van der Waals surface area contributed by atoms with Crippen LogP contribution < -0.4 is 0 Å². The van der Waals surface area contributed by atoms with Crippen molar-refractivity contribution in [3.05, 3.63) is 53.1 Å². The molecule has 0 radical (unpaired) electrons. The molecule has 0 atom stereocenters. The van der Waals surface area contributed by atoms with Gasteiger partial charge in [-0.2, -0.15) is 0 Å². The van der Waals surface area contributed by atoms with Gasteiger partial charge in [0.2, 0.25) is 0 Å². The van der Waals surface area contributed by atoms with E-state index in [-0.39, 0.29) is 12.0 Å². The number of carbonyl (C=O) groups is 1. The van der Waals surface area contributed by atoms with Gasteiger partial charge < -0.3 is 4.57 Å². The van der Waals surface area contributed by atoms with Crippen molar-refractivity contribution in [1.29, 1.82) is 0 Å². The van der Waals surface area contributed by atoms with Gasteiger partial charge in [-0.15, -0.1) is 0 Å². The molecule has 0 N–H and O–H groups in total. The lowest BCUT2D eigenvalue weighted by atomic mass is 10.0. The van der Waals surface area contributed by atoms with Crippen LogP contribution in [0.1, 0.15) is 28.7 Å². The molecule has 0 bridgehead atoms. The average Bonchev–Trinajstić information content (AvgIpc) is 2.81. The molecule has 2 aromatic rings. The molecule has 2 rings (SSSR count). The lowest BCUT2D eigenvalue weighted by Crippen LogP contribution is -2.13. The zero-order valence-corrected chi connectivity index (χ0v) is 10.8. The predicted octanol–water partition coefficient (Wildman–Crippen LogP) is 2.92. The second-order valence-electron chi connectivity index (χ2n) is 4.28. The van der Waals surface area contributed by atoms with Gasteiger partial charge in [-0.25, -0.2) is 13.8 Å². The first kappa shape index (κ1) is 13.4. The fourth-order valence-corrected chi connectivity index (χ4v) is 1.94. The number of aromatic nitrogens is 2. The van der Waals surface area contributed by atoms with Gasteiger partial charge in [0.05, 0.1) is 12.0 Å². The topological polar surface area (TPSA) is 34.9 Å². The standard InChI is InChI=1S/C14H14F2N2O/c1-3-18-7-6-17-12(18)8-11(19)13-10(15)5-4-9(2)14(13)16/h4-7H,3,8H2,1-2H3. The predicted molar refractivity (Wildman–Crippen MR) is 67.0 cm³/mol. The summed E-state index contributed by atoms with van der Waals surface area (Å²) in [4.78, 5) is 16.1. The normalized spacial score (nSPS) is 10.7. The molecule has 1 aromatic carbocycles. The van der Waals surface area contributed by atoms with Crippen LogP contribution in [-0.2, 0) is 13.0 Å². The molecule has 100 valence electrons. The fourth-order valence-electron chi connectivity index (χ4n) is 1.94. The highest BCUT2D eigenvalue weighted by atomic mass is 19.1. The Hall–Kier alpha value is -2.04. The van der Waals surface area contributed by atoms with Crippen molar-refractivity contribution >= 4 is 5.78 Å². The van der Waals surface area contributed by atoms with Gasteiger partial charge in [0.1, 0.15) is 17.5 Å². The maximum Gasteiger partial charge on any atom is 0.176 e. The number of ketones is 1. The van der Waals surface area contributed by atoms with Crippen molar-refractivity contribution in [2.45, 2.75) is 26.8 Å². The van der Waals surface area contributed by atoms with E-state index in [9.17, 15) is 13.6 Å². The summed E-state index contributed by atoms with van der Waals surface area (Å²) in [5.74, 6) is -1.71. The van der Waals surface area contributed by atoms with E-state index in [1.165, 1.54) is 13.0 Å². The number of benzene rings is 1. The summed E-state index contributed by atoms with van der Waals surface area (Å²) in [6, 6.07) is 2.42. The lowest BCUT2D eigenvalue weighted by Gasteiger charge is -2.07. The summed E-state index contributed by atoms with van der Waals surface area (Å²) >= 11 is 0. The van der Waals surface area contributed by atoms with E-state index in [0.717, 1.165) is 6.07 Å². The van der Waals surface area contributed by atoms with Crippen molar-refractivity contribution < 1.29 is 13.6 Å². The minimum Gasteiger partial charge on any atom is -0.335 e. The molecule has 0 aliphatic carbocycles. The van der Waals surface area contributed by atoms with Crippen LogP contribution in [0, 0.1) is 18.6 Å². The number of imidazole rings is 1. The largest absolute Gasteiger partial charge is 0.335 e. The smallest absolute Gasteiger partial charge is 0.176 e. The maximum absolute atomic E-state index is 13.8. The van der Waals surface area contributed by atoms with E-state index in [2.05, 4.69) is 4.98 Å². The Labute approximate surface area is 109 Å². The summed E-state index contributed by atoms with van der Waals surface area (Å²) in [6.07, 6.45) is 3.18. The van der Waals surface area contributed by atoms with Crippen molar-refractivity contribution in [3.63, 3.8) is 0 Å². The molecule has 5 heteroatoms. The quantitative estimate of drug-likeness (QED) is 0.796. The molecule has 1 aromatic heterocycles. The highest BCUT2D eigenvalue weighted by Gasteiger charge is 2.20. The van der Waals surface area contributed by atoms with Crippen LogP contribution in [0.5, 0.6) is 0 Å². The number of nitrogens with zero attached hydrogens (tertiary/aromatic N) is 2. The minimum atomic E-state index is -0.831. The van der Waals surface area contributed by atoms with Crippen LogP contribution in [0.3, 0.4) is 0 Å². The van der Waals surface area contributed by atoms with E-state index < -0.39 is 23.0 Å². The second-order valence-corrected chi connectivity index (χ2v) is 4.28. The highest BCUT2D eigenvalue weighted by Crippen LogP contribution is 2.18. The van der Waals surface area contributed by atoms with Gasteiger partial charge in [-0.05, 0) is 25.5 Å². The summed E-state index contributed by atoms with van der Waals surface area (Å²) in [5.41, 5.74) is -0.228. The SMILES string of the molecule is CCn1ccnc1CC(=O)c1c(F)ccc(C)c1F. The third-order valence-corrected chi connectivity index (χ3v) is 3.02. The Morgan fingerprint density at radius 2 is 2.11 bits per heavy atom. The molecule has 0 unspecified atom stereocenters. The number of aryl methyl sites for hydroxylation is 2. The molecular formula is C14H14F2N2O. The average molecular weight is 264 g/mol. The lowest BCUT2D eigenvalue weighted by molar-refractivity contribution is 0.0981. The first-order valence-corrected chi connectivity index (χ1v) is 6.02. The molecule has 0 aliphatic heterocycles. The van der Waals surface area contributed by atoms with Crippen molar-refractivity contribution in [2.75, 3.05) is 0 Å². The van der Waals surface area contributed by atoms with Crippen molar-refractivity contribution in [2.24, 2.45) is 0 Å². The Morgan fingerprint density at radius 1 is 1.37 bits per heavy atom. The Morgan fingerprint density at radius 3 is 2.79 bits per heavy atom. The monoisotopic (exact) mass is 264 g/mol. The van der Waals surface area contributed by atoms with Gasteiger partial charge in [0.15, 0.2) is 5.78 Å². The molecule has 0 amide bonds. The van der Waals surface area contributed by atoms with E-state index in [0.29, 0.717) is 12.4 Å². The van der Waals surface area contributed by atoms with Gasteiger partial charge in [-0.3, -0.25) is 4.79 Å². The number of carbonyl (C=O) groups excluding carboxylic acids is 1. The number of hydrogen-bond donors (Lipinski definition) is 0. The summed E-state index contributed by atoms with van der Waals surface area (Å²) in [5, 5.41) is 0. The molecule has 19 heavy (non-hydrogen) atoms. The van der Waals surface area contributed by atoms with E-state index in [4.69, 9.17) is 0 Å². The molecule has 0 aliphatic rings. The maximum atomic E-state index is 13.8.